The molecule has 166 valence electrons. The van der Waals surface area contributed by atoms with Crippen LogP contribution in [0, 0.1) is 0 Å². The maximum Gasteiger partial charge on any atom is 0.328 e. The molecule has 3 heterocycles. The van der Waals surface area contributed by atoms with Gasteiger partial charge in [-0.2, -0.15) is 0 Å². The first-order chi connectivity index (χ1) is 15.6. The van der Waals surface area contributed by atoms with Crippen LogP contribution >= 0.6 is 0 Å². The number of pyridine rings is 2. The fourth-order valence-corrected chi connectivity index (χ4v) is 3.85. The molecule has 0 fully saturated rings. The summed E-state index contributed by atoms with van der Waals surface area (Å²) < 4.78 is 9.19. The lowest BCUT2D eigenvalue weighted by Gasteiger charge is -2.11. The standard InChI is InChI=1S/C25H29N5O2/c1-29-23-11-9-21(16-24(23)30(2)25(29)31)32-15-5-13-27-18-20-7-4-14-28-22(20)10-8-19-6-3-12-26-17-19/h3-4,6-7,9,11-12,14,16-17,27H,5,8,10,13,15,18H2,1-2H3. The van der Waals surface area contributed by atoms with Gasteiger partial charge in [0.05, 0.1) is 17.6 Å². The lowest BCUT2D eigenvalue weighted by Crippen LogP contribution is -2.19. The zero-order valence-corrected chi connectivity index (χ0v) is 18.6. The van der Waals surface area contributed by atoms with Crippen LogP contribution in [-0.4, -0.2) is 32.3 Å². The number of benzene rings is 1. The molecule has 4 rings (SSSR count). The van der Waals surface area contributed by atoms with E-state index in [4.69, 9.17) is 4.74 Å². The molecule has 0 amide bonds. The third kappa shape index (κ3) is 5.06. The Balaban J connectivity index is 1.23. The van der Waals surface area contributed by atoms with E-state index in [9.17, 15) is 4.79 Å². The van der Waals surface area contributed by atoms with Gasteiger partial charge in [0, 0.05) is 51.0 Å². The Morgan fingerprint density at radius 1 is 1.00 bits per heavy atom. The van der Waals surface area contributed by atoms with E-state index in [1.165, 1.54) is 11.1 Å². The number of nitrogens with one attached hydrogen (secondary N) is 1. The second kappa shape index (κ2) is 10.2. The first-order valence-electron chi connectivity index (χ1n) is 10.9. The molecule has 1 N–H and O–H groups in total. The van der Waals surface area contributed by atoms with Gasteiger partial charge in [0.2, 0.25) is 0 Å². The van der Waals surface area contributed by atoms with E-state index < -0.39 is 0 Å². The van der Waals surface area contributed by atoms with Crippen molar-refractivity contribution in [1.29, 1.82) is 0 Å². The van der Waals surface area contributed by atoms with Gasteiger partial charge in [0.25, 0.3) is 0 Å². The van der Waals surface area contributed by atoms with Crippen LogP contribution in [0.2, 0.25) is 0 Å². The molecule has 0 radical (unpaired) electrons. The molecule has 0 saturated heterocycles. The van der Waals surface area contributed by atoms with E-state index in [1.54, 1.807) is 29.4 Å². The molecule has 4 aromatic rings. The topological polar surface area (TPSA) is 74.0 Å². The molecule has 7 nitrogen and oxygen atoms in total. The summed E-state index contributed by atoms with van der Waals surface area (Å²) in [6, 6.07) is 14.0. The number of hydrogen-bond donors (Lipinski definition) is 1. The van der Waals surface area contributed by atoms with E-state index in [2.05, 4.69) is 27.4 Å². The number of aromatic nitrogens is 4. The van der Waals surface area contributed by atoms with Crippen LogP contribution in [0.5, 0.6) is 5.75 Å². The number of fused-ring (bicyclic) bond motifs is 1. The Bertz CT molecular complexity index is 1230. The van der Waals surface area contributed by atoms with Crippen LogP contribution in [0.1, 0.15) is 23.2 Å². The van der Waals surface area contributed by atoms with Crippen LogP contribution in [0.3, 0.4) is 0 Å². The Hall–Kier alpha value is -3.45. The Morgan fingerprint density at radius 3 is 2.69 bits per heavy atom. The lowest BCUT2D eigenvalue weighted by molar-refractivity contribution is 0.308. The first kappa shape index (κ1) is 21.8. The maximum absolute atomic E-state index is 12.1. The van der Waals surface area contributed by atoms with E-state index in [0.29, 0.717) is 6.61 Å². The summed E-state index contributed by atoms with van der Waals surface area (Å²) in [4.78, 5) is 20.8. The average molecular weight is 432 g/mol. The van der Waals surface area contributed by atoms with Gasteiger partial charge in [-0.25, -0.2) is 4.79 Å². The molecule has 0 saturated carbocycles. The molecule has 0 unspecified atom stereocenters. The molecule has 0 spiro atoms. The summed E-state index contributed by atoms with van der Waals surface area (Å²) in [5, 5.41) is 3.49. The molecule has 32 heavy (non-hydrogen) atoms. The number of imidazole rings is 1. The Kier molecular flexibility index (Phi) is 6.97. The number of hydrogen-bond acceptors (Lipinski definition) is 5. The fourth-order valence-electron chi connectivity index (χ4n) is 3.85. The van der Waals surface area contributed by atoms with Crippen LogP contribution < -0.4 is 15.7 Å². The van der Waals surface area contributed by atoms with Gasteiger partial charge in [-0.05, 0) is 61.2 Å². The number of aryl methyl sites for hydroxylation is 4. The summed E-state index contributed by atoms with van der Waals surface area (Å²) in [5.41, 5.74) is 5.33. The van der Waals surface area contributed by atoms with Crippen LogP contribution in [0.25, 0.3) is 11.0 Å². The van der Waals surface area contributed by atoms with Crippen molar-refractivity contribution in [3.63, 3.8) is 0 Å². The van der Waals surface area contributed by atoms with Crippen molar-refractivity contribution in [1.82, 2.24) is 24.4 Å². The highest BCUT2D eigenvalue weighted by Gasteiger charge is 2.08. The molecule has 7 heteroatoms. The predicted octanol–water partition coefficient (Wildman–Crippen LogP) is 3.01. The summed E-state index contributed by atoms with van der Waals surface area (Å²) in [7, 11) is 3.56. The van der Waals surface area contributed by atoms with Gasteiger partial charge >= 0.3 is 5.69 Å². The van der Waals surface area contributed by atoms with Crippen molar-refractivity contribution in [2.75, 3.05) is 13.2 Å². The molecule has 3 aromatic heterocycles. The molecule has 0 aliphatic rings. The van der Waals surface area contributed by atoms with Crippen molar-refractivity contribution in [2.24, 2.45) is 14.1 Å². The largest absolute Gasteiger partial charge is 0.493 e. The van der Waals surface area contributed by atoms with E-state index in [1.807, 2.05) is 42.7 Å². The molecule has 0 aliphatic carbocycles. The smallest absolute Gasteiger partial charge is 0.328 e. The predicted molar refractivity (Wildman–Crippen MR) is 126 cm³/mol. The molecule has 0 bridgehead atoms. The third-order valence-corrected chi connectivity index (χ3v) is 5.68. The second-order valence-electron chi connectivity index (χ2n) is 7.90. The van der Waals surface area contributed by atoms with Gasteiger partial charge in [-0.15, -0.1) is 0 Å². The minimum Gasteiger partial charge on any atom is -0.493 e. The fraction of sp³-hybridized carbons (Fsp3) is 0.320. The highest BCUT2D eigenvalue weighted by molar-refractivity contribution is 5.77. The van der Waals surface area contributed by atoms with Gasteiger partial charge in [0.15, 0.2) is 0 Å². The van der Waals surface area contributed by atoms with Crippen LogP contribution in [0.15, 0.2) is 65.8 Å². The van der Waals surface area contributed by atoms with Crippen molar-refractivity contribution < 1.29 is 4.74 Å². The number of nitrogens with zero attached hydrogens (tertiary/aromatic N) is 4. The monoisotopic (exact) mass is 431 g/mol. The summed E-state index contributed by atoms with van der Waals surface area (Å²) in [6.07, 6.45) is 8.29. The van der Waals surface area contributed by atoms with Gasteiger partial charge < -0.3 is 10.1 Å². The van der Waals surface area contributed by atoms with Crippen molar-refractivity contribution in [3.05, 3.63) is 88.4 Å². The maximum atomic E-state index is 12.1. The average Bonchev–Trinajstić information content (AvgIpc) is 3.05. The molecule has 1 aromatic carbocycles. The highest BCUT2D eigenvalue weighted by Crippen LogP contribution is 2.19. The zero-order chi connectivity index (χ0) is 22.3. The van der Waals surface area contributed by atoms with Gasteiger partial charge in [-0.3, -0.25) is 19.1 Å². The van der Waals surface area contributed by atoms with E-state index >= 15 is 0 Å². The first-order valence-corrected chi connectivity index (χ1v) is 10.9. The second-order valence-corrected chi connectivity index (χ2v) is 7.90. The normalized spacial score (nSPS) is 11.2. The van der Waals surface area contributed by atoms with Crippen LogP contribution in [0.4, 0.5) is 0 Å². The Morgan fingerprint density at radius 2 is 1.84 bits per heavy atom. The number of ether oxygens (including phenoxy) is 1. The molecule has 0 aliphatic heterocycles. The van der Waals surface area contributed by atoms with Crippen molar-refractivity contribution in [3.8, 4) is 5.75 Å². The quantitative estimate of drug-likeness (QED) is 0.391. The lowest BCUT2D eigenvalue weighted by atomic mass is 10.1. The number of rotatable bonds is 10. The highest BCUT2D eigenvalue weighted by atomic mass is 16.5. The van der Waals surface area contributed by atoms with E-state index in [0.717, 1.165) is 54.8 Å². The van der Waals surface area contributed by atoms with Crippen molar-refractivity contribution in [2.45, 2.75) is 25.8 Å². The summed E-state index contributed by atoms with van der Waals surface area (Å²) in [6.45, 7) is 2.25. The molecule has 0 atom stereocenters. The Labute approximate surface area is 187 Å². The van der Waals surface area contributed by atoms with Crippen LogP contribution in [-0.2, 0) is 33.5 Å². The third-order valence-electron chi connectivity index (χ3n) is 5.68. The summed E-state index contributed by atoms with van der Waals surface area (Å²) >= 11 is 0. The minimum atomic E-state index is -0.0310. The zero-order valence-electron chi connectivity index (χ0n) is 18.6. The SMILES string of the molecule is Cn1c(=O)n(C)c2cc(OCCCNCc3cccnc3CCc3cccnc3)ccc21. The van der Waals surface area contributed by atoms with Gasteiger partial charge in [0.1, 0.15) is 5.75 Å². The van der Waals surface area contributed by atoms with E-state index in [-0.39, 0.29) is 5.69 Å². The summed E-state index contributed by atoms with van der Waals surface area (Å²) in [5.74, 6) is 0.781. The molecular weight excluding hydrogens is 402 g/mol. The van der Waals surface area contributed by atoms with Crippen molar-refractivity contribution >= 4 is 11.0 Å². The molecular formula is C25H29N5O2. The van der Waals surface area contributed by atoms with Gasteiger partial charge in [-0.1, -0.05) is 12.1 Å². The minimum absolute atomic E-state index is 0.0310.